The predicted molar refractivity (Wildman–Crippen MR) is 83.7 cm³/mol. The molecule has 2 heterocycles. The van der Waals surface area contributed by atoms with E-state index >= 15 is 0 Å². The Hall–Kier alpha value is -1.62. The van der Waals surface area contributed by atoms with Crippen LogP contribution in [0.5, 0.6) is 0 Å². The van der Waals surface area contributed by atoms with E-state index in [0.29, 0.717) is 0 Å². The molecule has 1 aliphatic rings. The molecule has 0 amide bonds. The number of hydrogen-bond acceptors (Lipinski definition) is 4. The number of rotatable bonds is 2. The van der Waals surface area contributed by atoms with Crippen molar-refractivity contribution in [3.63, 3.8) is 0 Å². The van der Waals surface area contributed by atoms with E-state index < -0.39 is 0 Å². The summed E-state index contributed by atoms with van der Waals surface area (Å²) in [5.41, 5.74) is 2.69. The minimum Gasteiger partial charge on any atom is -0.388 e. The molecule has 2 N–H and O–H groups in total. The molecule has 1 aromatic heterocycles. The standard InChI is InChI=1S/C14H17N3OS/c1-15-11-3-2-10-8-13(14(18)16-12(10)9-11)17-4-6-19-7-5-17/h2-3,8-9,15H,4-7H2,1H3,(H,16,18). The van der Waals surface area contributed by atoms with Gasteiger partial charge in [-0.15, -0.1) is 0 Å². The Balaban J connectivity index is 2.06. The molecule has 1 fully saturated rings. The van der Waals surface area contributed by atoms with E-state index in [1.165, 1.54) is 0 Å². The van der Waals surface area contributed by atoms with E-state index in [2.05, 4.69) is 15.2 Å². The van der Waals surface area contributed by atoms with Gasteiger partial charge in [-0.05, 0) is 18.2 Å². The number of hydrogen-bond donors (Lipinski definition) is 2. The summed E-state index contributed by atoms with van der Waals surface area (Å²) in [6.07, 6.45) is 0. The van der Waals surface area contributed by atoms with Gasteiger partial charge in [-0.1, -0.05) is 6.07 Å². The molecule has 0 unspecified atom stereocenters. The van der Waals surface area contributed by atoms with Gasteiger partial charge in [0.25, 0.3) is 5.56 Å². The molecule has 19 heavy (non-hydrogen) atoms. The average Bonchev–Trinajstić information content (AvgIpc) is 2.47. The quantitative estimate of drug-likeness (QED) is 0.881. The fourth-order valence-corrected chi connectivity index (χ4v) is 3.29. The van der Waals surface area contributed by atoms with Crippen LogP contribution in [0.2, 0.25) is 0 Å². The third-order valence-corrected chi connectivity index (χ3v) is 4.41. The van der Waals surface area contributed by atoms with Crippen LogP contribution in [0.3, 0.4) is 0 Å². The Morgan fingerprint density at radius 2 is 2.05 bits per heavy atom. The SMILES string of the molecule is CNc1ccc2cc(N3CCSCC3)c(=O)[nH]c2c1. The van der Waals surface area contributed by atoms with Crippen molar-refractivity contribution in [3.8, 4) is 0 Å². The topological polar surface area (TPSA) is 48.1 Å². The fourth-order valence-electron chi connectivity index (χ4n) is 2.38. The van der Waals surface area contributed by atoms with Crippen molar-refractivity contribution in [1.82, 2.24) is 4.98 Å². The lowest BCUT2D eigenvalue weighted by Gasteiger charge is -2.27. The monoisotopic (exact) mass is 275 g/mol. The molecule has 0 atom stereocenters. The lowest BCUT2D eigenvalue weighted by atomic mass is 10.2. The Labute approximate surface area is 116 Å². The zero-order chi connectivity index (χ0) is 13.2. The van der Waals surface area contributed by atoms with E-state index in [0.717, 1.165) is 46.9 Å². The summed E-state index contributed by atoms with van der Waals surface area (Å²) in [4.78, 5) is 17.4. The Morgan fingerprint density at radius 1 is 1.26 bits per heavy atom. The molecule has 1 aromatic carbocycles. The van der Waals surface area contributed by atoms with E-state index in [9.17, 15) is 4.79 Å². The number of anilines is 2. The number of fused-ring (bicyclic) bond motifs is 1. The van der Waals surface area contributed by atoms with Crippen molar-refractivity contribution in [2.45, 2.75) is 0 Å². The van der Waals surface area contributed by atoms with Gasteiger partial charge in [-0.25, -0.2) is 0 Å². The summed E-state index contributed by atoms with van der Waals surface area (Å²) in [6.45, 7) is 1.90. The van der Waals surface area contributed by atoms with Crippen LogP contribution in [-0.4, -0.2) is 36.6 Å². The number of aromatic amines is 1. The molecule has 5 heteroatoms. The number of aromatic nitrogens is 1. The summed E-state index contributed by atoms with van der Waals surface area (Å²) < 4.78 is 0. The Bertz CT molecular complexity index is 647. The van der Waals surface area contributed by atoms with Gasteiger partial charge in [-0.3, -0.25) is 4.79 Å². The third kappa shape index (κ3) is 2.42. The van der Waals surface area contributed by atoms with Crippen molar-refractivity contribution < 1.29 is 0 Å². The van der Waals surface area contributed by atoms with Gasteiger partial charge >= 0.3 is 0 Å². The summed E-state index contributed by atoms with van der Waals surface area (Å²) in [6, 6.07) is 8.03. The third-order valence-electron chi connectivity index (χ3n) is 3.47. The number of H-pyrrole nitrogens is 1. The van der Waals surface area contributed by atoms with Gasteiger partial charge in [0.05, 0.1) is 5.52 Å². The molecular formula is C14H17N3OS. The maximum absolute atomic E-state index is 12.2. The van der Waals surface area contributed by atoms with Crippen molar-refractivity contribution in [2.75, 3.05) is 41.9 Å². The van der Waals surface area contributed by atoms with Gasteiger partial charge < -0.3 is 15.2 Å². The Kier molecular flexibility index (Phi) is 3.38. The highest BCUT2D eigenvalue weighted by molar-refractivity contribution is 7.99. The van der Waals surface area contributed by atoms with E-state index in [-0.39, 0.29) is 5.56 Å². The Morgan fingerprint density at radius 3 is 2.79 bits per heavy atom. The lowest BCUT2D eigenvalue weighted by molar-refractivity contribution is 0.851. The van der Waals surface area contributed by atoms with Crippen LogP contribution < -0.4 is 15.8 Å². The van der Waals surface area contributed by atoms with Crippen molar-refractivity contribution in [2.24, 2.45) is 0 Å². The molecule has 1 aliphatic heterocycles. The van der Waals surface area contributed by atoms with Crippen LogP contribution in [0.4, 0.5) is 11.4 Å². The second kappa shape index (κ2) is 5.17. The summed E-state index contributed by atoms with van der Waals surface area (Å²) in [7, 11) is 1.87. The summed E-state index contributed by atoms with van der Waals surface area (Å²) >= 11 is 1.95. The highest BCUT2D eigenvalue weighted by Crippen LogP contribution is 2.21. The number of thioether (sulfide) groups is 1. The van der Waals surface area contributed by atoms with Gasteiger partial charge in [-0.2, -0.15) is 11.8 Å². The van der Waals surface area contributed by atoms with Gasteiger partial charge in [0.2, 0.25) is 0 Å². The highest BCUT2D eigenvalue weighted by atomic mass is 32.2. The zero-order valence-corrected chi connectivity index (χ0v) is 11.7. The number of nitrogens with one attached hydrogen (secondary N) is 2. The fraction of sp³-hybridized carbons (Fsp3) is 0.357. The molecule has 0 bridgehead atoms. The largest absolute Gasteiger partial charge is 0.388 e. The van der Waals surface area contributed by atoms with Crippen LogP contribution in [0.25, 0.3) is 10.9 Å². The maximum atomic E-state index is 12.2. The molecule has 0 saturated carbocycles. The van der Waals surface area contributed by atoms with Crippen molar-refractivity contribution in [1.29, 1.82) is 0 Å². The predicted octanol–water partition coefficient (Wildman–Crippen LogP) is 2.12. The van der Waals surface area contributed by atoms with E-state index in [1.54, 1.807) is 0 Å². The van der Waals surface area contributed by atoms with Gasteiger partial charge in [0.1, 0.15) is 5.69 Å². The zero-order valence-electron chi connectivity index (χ0n) is 10.9. The number of benzene rings is 1. The molecule has 2 aromatic rings. The number of pyridine rings is 1. The number of nitrogens with zero attached hydrogens (tertiary/aromatic N) is 1. The lowest BCUT2D eigenvalue weighted by Crippen LogP contribution is -2.36. The van der Waals surface area contributed by atoms with Crippen LogP contribution in [0, 0.1) is 0 Å². The smallest absolute Gasteiger partial charge is 0.271 e. The molecule has 4 nitrogen and oxygen atoms in total. The second-order valence-corrected chi connectivity index (χ2v) is 5.86. The van der Waals surface area contributed by atoms with Crippen LogP contribution in [0.1, 0.15) is 0 Å². The molecule has 100 valence electrons. The minimum absolute atomic E-state index is 0.00709. The van der Waals surface area contributed by atoms with Crippen molar-refractivity contribution >= 4 is 34.0 Å². The van der Waals surface area contributed by atoms with Crippen molar-refractivity contribution in [3.05, 3.63) is 34.6 Å². The molecular weight excluding hydrogens is 258 g/mol. The minimum atomic E-state index is 0.00709. The van der Waals surface area contributed by atoms with Crippen LogP contribution >= 0.6 is 11.8 Å². The molecule has 0 radical (unpaired) electrons. The van der Waals surface area contributed by atoms with E-state index in [1.807, 2.05) is 43.1 Å². The van der Waals surface area contributed by atoms with E-state index in [4.69, 9.17) is 0 Å². The molecule has 3 rings (SSSR count). The molecule has 0 aliphatic carbocycles. The molecule has 1 saturated heterocycles. The second-order valence-electron chi connectivity index (χ2n) is 4.64. The normalized spacial score (nSPS) is 15.7. The maximum Gasteiger partial charge on any atom is 0.271 e. The molecule has 0 spiro atoms. The summed E-state index contributed by atoms with van der Waals surface area (Å²) in [5, 5.41) is 4.16. The first-order valence-corrected chi connectivity index (χ1v) is 7.61. The first-order chi connectivity index (χ1) is 9.28. The van der Waals surface area contributed by atoms with Gasteiger partial charge in [0, 0.05) is 42.7 Å². The first kappa shape index (κ1) is 12.4. The van der Waals surface area contributed by atoms with Crippen LogP contribution in [-0.2, 0) is 0 Å². The van der Waals surface area contributed by atoms with Gasteiger partial charge in [0.15, 0.2) is 0 Å². The van der Waals surface area contributed by atoms with Crippen LogP contribution in [0.15, 0.2) is 29.1 Å². The first-order valence-electron chi connectivity index (χ1n) is 6.45. The average molecular weight is 275 g/mol. The summed E-state index contributed by atoms with van der Waals surface area (Å²) in [5.74, 6) is 2.19. The highest BCUT2D eigenvalue weighted by Gasteiger charge is 2.14.